The molecule has 0 aliphatic carbocycles. The van der Waals surface area contributed by atoms with Crippen molar-refractivity contribution in [3.05, 3.63) is 57.8 Å². The highest BCUT2D eigenvalue weighted by molar-refractivity contribution is 9.10. The van der Waals surface area contributed by atoms with Crippen molar-refractivity contribution in [2.75, 3.05) is 0 Å². The van der Waals surface area contributed by atoms with Gasteiger partial charge >= 0.3 is 0 Å². The topological polar surface area (TPSA) is 39.2 Å². The summed E-state index contributed by atoms with van der Waals surface area (Å²) in [5, 5.41) is 0.530. The first-order valence-corrected chi connectivity index (χ1v) is 6.80. The Balaban J connectivity index is 2.12. The molecule has 19 heavy (non-hydrogen) atoms. The van der Waals surface area contributed by atoms with Crippen LogP contribution in [-0.2, 0) is 0 Å². The van der Waals surface area contributed by atoms with Crippen LogP contribution in [0, 0.1) is 0 Å². The van der Waals surface area contributed by atoms with Gasteiger partial charge < -0.3 is 4.74 Å². The maximum Gasteiger partial charge on any atom is 0.203 e. The molecule has 0 amide bonds. The van der Waals surface area contributed by atoms with Crippen LogP contribution in [0.2, 0.25) is 5.02 Å². The first kappa shape index (κ1) is 14.0. The molecule has 1 aromatic carbocycles. The largest absolute Gasteiger partial charge is 0.481 e. The summed E-state index contributed by atoms with van der Waals surface area (Å²) in [7, 11) is 0. The van der Waals surface area contributed by atoms with Gasteiger partial charge in [0.2, 0.25) is 5.78 Å². The summed E-state index contributed by atoms with van der Waals surface area (Å²) in [4.78, 5) is 16.1. The molecule has 0 radical (unpaired) electrons. The molecule has 0 spiro atoms. The van der Waals surface area contributed by atoms with Crippen molar-refractivity contribution in [3.63, 3.8) is 0 Å². The monoisotopic (exact) mass is 339 g/mol. The highest BCUT2D eigenvalue weighted by Crippen LogP contribution is 2.19. The van der Waals surface area contributed by atoms with Crippen LogP contribution in [0.1, 0.15) is 17.3 Å². The van der Waals surface area contributed by atoms with Crippen LogP contribution in [0.25, 0.3) is 0 Å². The van der Waals surface area contributed by atoms with Gasteiger partial charge in [-0.25, -0.2) is 0 Å². The van der Waals surface area contributed by atoms with E-state index in [2.05, 4.69) is 20.9 Å². The molecule has 2 aromatic rings. The van der Waals surface area contributed by atoms with Crippen LogP contribution >= 0.6 is 27.5 Å². The Labute approximate surface area is 124 Å². The summed E-state index contributed by atoms with van der Waals surface area (Å²) in [6, 6.07) is 8.57. The Kier molecular flexibility index (Phi) is 4.56. The van der Waals surface area contributed by atoms with Gasteiger partial charge in [0.15, 0.2) is 6.10 Å². The molecule has 0 saturated heterocycles. The third-order valence-electron chi connectivity index (χ3n) is 2.47. The number of benzene rings is 1. The van der Waals surface area contributed by atoms with Crippen molar-refractivity contribution in [1.82, 2.24) is 4.98 Å². The molecule has 0 fully saturated rings. The zero-order valence-corrected chi connectivity index (χ0v) is 12.5. The minimum Gasteiger partial charge on any atom is -0.481 e. The van der Waals surface area contributed by atoms with Crippen molar-refractivity contribution < 1.29 is 9.53 Å². The number of aromatic nitrogens is 1. The number of carbonyl (C=O) groups excluding carboxylic acids is 1. The van der Waals surface area contributed by atoms with Crippen molar-refractivity contribution >= 4 is 33.3 Å². The van der Waals surface area contributed by atoms with E-state index in [0.717, 1.165) is 4.47 Å². The number of ether oxygens (including phenoxy) is 1. The number of Topliss-reactive ketones (excluding diaryl/α,β-unsaturated/α-hetero) is 1. The van der Waals surface area contributed by atoms with E-state index >= 15 is 0 Å². The number of pyridine rings is 1. The molecule has 2 rings (SSSR count). The summed E-state index contributed by atoms with van der Waals surface area (Å²) in [5.74, 6) is 0.416. The van der Waals surface area contributed by atoms with E-state index in [9.17, 15) is 4.79 Å². The average Bonchev–Trinajstić information content (AvgIpc) is 2.38. The molecule has 1 heterocycles. The normalized spacial score (nSPS) is 11.9. The second-order valence-electron chi connectivity index (χ2n) is 3.97. The summed E-state index contributed by atoms with van der Waals surface area (Å²) in [6.45, 7) is 1.70. The minimum absolute atomic E-state index is 0.123. The van der Waals surface area contributed by atoms with Crippen LogP contribution in [-0.4, -0.2) is 16.9 Å². The Morgan fingerprint density at radius 3 is 2.84 bits per heavy atom. The van der Waals surface area contributed by atoms with Crippen molar-refractivity contribution in [2.45, 2.75) is 13.0 Å². The van der Waals surface area contributed by atoms with Gasteiger partial charge in [-0.2, -0.15) is 0 Å². The lowest BCUT2D eigenvalue weighted by Crippen LogP contribution is -2.23. The van der Waals surface area contributed by atoms with E-state index in [1.807, 2.05) is 0 Å². The highest BCUT2D eigenvalue weighted by Gasteiger charge is 2.17. The third-order valence-corrected chi connectivity index (χ3v) is 3.14. The van der Waals surface area contributed by atoms with E-state index in [1.165, 1.54) is 0 Å². The minimum atomic E-state index is -0.602. The van der Waals surface area contributed by atoms with E-state index in [1.54, 1.807) is 49.6 Å². The number of ketones is 1. The molecule has 1 aromatic heterocycles. The van der Waals surface area contributed by atoms with E-state index in [0.29, 0.717) is 16.3 Å². The van der Waals surface area contributed by atoms with Crippen molar-refractivity contribution in [2.24, 2.45) is 0 Å². The molecule has 98 valence electrons. The Hall–Kier alpha value is -1.39. The van der Waals surface area contributed by atoms with E-state index < -0.39 is 6.10 Å². The summed E-state index contributed by atoms with van der Waals surface area (Å²) >= 11 is 9.16. The van der Waals surface area contributed by atoms with Gasteiger partial charge in [-0.15, -0.1) is 0 Å². The Morgan fingerprint density at radius 2 is 2.16 bits per heavy atom. The SMILES string of the molecule is CC(Oc1cncc(Br)c1)C(=O)c1cccc(Cl)c1. The van der Waals surface area contributed by atoms with Gasteiger partial charge in [-0.3, -0.25) is 9.78 Å². The summed E-state index contributed by atoms with van der Waals surface area (Å²) in [6.07, 6.45) is 2.61. The number of halogens is 2. The number of hydrogen-bond donors (Lipinski definition) is 0. The lowest BCUT2D eigenvalue weighted by atomic mass is 10.1. The molecule has 0 aliphatic heterocycles. The zero-order valence-electron chi connectivity index (χ0n) is 10.1. The number of carbonyl (C=O) groups is 1. The van der Waals surface area contributed by atoms with E-state index in [4.69, 9.17) is 16.3 Å². The second kappa shape index (κ2) is 6.17. The van der Waals surface area contributed by atoms with Crippen molar-refractivity contribution in [3.8, 4) is 5.75 Å². The lowest BCUT2D eigenvalue weighted by Gasteiger charge is -2.13. The second-order valence-corrected chi connectivity index (χ2v) is 5.33. The molecular formula is C14H11BrClNO2. The van der Waals surface area contributed by atoms with Gasteiger partial charge in [0.05, 0.1) is 6.20 Å². The van der Waals surface area contributed by atoms with E-state index in [-0.39, 0.29) is 5.78 Å². The zero-order chi connectivity index (χ0) is 13.8. The molecule has 1 atom stereocenters. The smallest absolute Gasteiger partial charge is 0.203 e. The van der Waals surface area contributed by atoms with Crippen LogP contribution < -0.4 is 4.74 Å². The van der Waals surface area contributed by atoms with Crippen LogP contribution in [0.15, 0.2) is 47.2 Å². The number of nitrogens with zero attached hydrogens (tertiary/aromatic N) is 1. The molecule has 5 heteroatoms. The third kappa shape index (κ3) is 3.78. The Bertz CT molecular complexity index is 604. The fraction of sp³-hybridized carbons (Fsp3) is 0.143. The highest BCUT2D eigenvalue weighted by atomic mass is 79.9. The molecule has 0 aliphatic rings. The quantitative estimate of drug-likeness (QED) is 0.785. The summed E-state index contributed by atoms with van der Waals surface area (Å²) in [5.41, 5.74) is 0.531. The van der Waals surface area contributed by atoms with Gasteiger partial charge in [-0.05, 0) is 41.1 Å². The van der Waals surface area contributed by atoms with Gasteiger partial charge in [0, 0.05) is 21.3 Å². The first-order chi connectivity index (χ1) is 9.06. The molecule has 0 saturated carbocycles. The fourth-order valence-electron chi connectivity index (χ4n) is 1.59. The van der Waals surface area contributed by atoms with Gasteiger partial charge in [0.1, 0.15) is 5.75 Å². The maximum absolute atomic E-state index is 12.2. The molecule has 0 N–H and O–H groups in total. The fourth-order valence-corrected chi connectivity index (χ4v) is 2.13. The Morgan fingerprint density at radius 1 is 1.37 bits per heavy atom. The summed E-state index contributed by atoms with van der Waals surface area (Å²) < 4.78 is 6.36. The van der Waals surface area contributed by atoms with Crippen LogP contribution in [0.3, 0.4) is 0 Å². The molecule has 3 nitrogen and oxygen atoms in total. The lowest BCUT2D eigenvalue weighted by molar-refractivity contribution is 0.0817. The predicted molar refractivity (Wildman–Crippen MR) is 77.8 cm³/mol. The van der Waals surface area contributed by atoms with Crippen molar-refractivity contribution in [1.29, 1.82) is 0 Å². The molecule has 1 unspecified atom stereocenters. The maximum atomic E-state index is 12.2. The van der Waals surface area contributed by atoms with Gasteiger partial charge in [0.25, 0.3) is 0 Å². The average molecular weight is 341 g/mol. The standard InChI is InChI=1S/C14H11BrClNO2/c1-9(19-13-6-11(15)7-17-8-13)14(18)10-3-2-4-12(16)5-10/h2-9H,1H3. The van der Waals surface area contributed by atoms with Crippen LogP contribution in [0.4, 0.5) is 0 Å². The first-order valence-electron chi connectivity index (χ1n) is 5.63. The predicted octanol–water partition coefficient (Wildman–Crippen LogP) is 4.15. The number of rotatable bonds is 4. The molecular weight excluding hydrogens is 330 g/mol. The molecule has 0 bridgehead atoms. The van der Waals surface area contributed by atoms with Gasteiger partial charge in [-0.1, -0.05) is 23.7 Å². The number of hydrogen-bond acceptors (Lipinski definition) is 3. The van der Waals surface area contributed by atoms with Crippen LogP contribution in [0.5, 0.6) is 5.75 Å².